The Kier molecular flexibility index (Phi) is 5.35. The molecule has 0 saturated carbocycles. The van der Waals surface area contributed by atoms with Crippen molar-refractivity contribution in [3.8, 4) is 0 Å². The predicted molar refractivity (Wildman–Crippen MR) is 106 cm³/mol. The van der Waals surface area contributed by atoms with Crippen LogP contribution < -0.4 is 5.32 Å². The molecular formula is C21H23FN4O3. The third-order valence-electron chi connectivity index (χ3n) is 5.34. The third-order valence-corrected chi connectivity index (χ3v) is 5.34. The lowest BCUT2D eigenvalue weighted by atomic mass is 10.2. The molecule has 0 atom stereocenters. The van der Waals surface area contributed by atoms with E-state index in [9.17, 15) is 14.0 Å². The van der Waals surface area contributed by atoms with Gasteiger partial charge in [-0.1, -0.05) is 12.1 Å². The van der Waals surface area contributed by atoms with Crippen LogP contribution in [0.15, 0.2) is 47.1 Å². The molecule has 0 radical (unpaired) electrons. The lowest BCUT2D eigenvalue weighted by Crippen LogP contribution is -2.50. The monoisotopic (exact) mass is 398 g/mol. The second kappa shape index (κ2) is 8.08. The minimum Gasteiger partial charge on any atom is -0.463 e. The van der Waals surface area contributed by atoms with Crippen molar-refractivity contribution in [2.75, 3.05) is 32.7 Å². The Morgan fingerprint density at radius 2 is 1.83 bits per heavy atom. The number of amides is 2. The molecule has 3 aromatic rings. The molecule has 1 fully saturated rings. The van der Waals surface area contributed by atoms with Crippen molar-refractivity contribution >= 4 is 22.9 Å². The number of rotatable bonds is 5. The average Bonchev–Trinajstić information content (AvgIpc) is 3.31. The van der Waals surface area contributed by atoms with E-state index < -0.39 is 0 Å². The first-order valence-electron chi connectivity index (χ1n) is 9.57. The molecule has 152 valence electrons. The molecule has 0 aliphatic carbocycles. The van der Waals surface area contributed by atoms with E-state index in [0.717, 1.165) is 30.7 Å². The molecule has 2 aromatic heterocycles. The van der Waals surface area contributed by atoms with Gasteiger partial charge in [-0.05, 0) is 17.7 Å². The van der Waals surface area contributed by atoms with Gasteiger partial charge in [-0.25, -0.2) is 4.39 Å². The van der Waals surface area contributed by atoms with E-state index in [2.05, 4.69) is 10.2 Å². The molecule has 0 spiro atoms. The smallest absolute Gasteiger partial charge is 0.268 e. The SMILES string of the molecule is Cn1c(C(=O)NCC(=O)N2CCN(Cc3ccc(F)cc3)CC2)cc2occc21. The Balaban J connectivity index is 1.25. The molecule has 0 unspecified atom stereocenters. The van der Waals surface area contributed by atoms with Crippen molar-refractivity contribution in [1.82, 2.24) is 19.7 Å². The van der Waals surface area contributed by atoms with Crippen LogP contribution in [0.25, 0.3) is 11.1 Å². The Hall–Kier alpha value is -3.13. The maximum atomic E-state index is 13.0. The van der Waals surface area contributed by atoms with Crippen LogP contribution in [-0.2, 0) is 18.4 Å². The number of fused-ring (bicyclic) bond motifs is 1. The van der Waals surface area contributed by atoms with E-state index in [0.29, 0.717) is 24.4 Å². The highest BCUT2D eigenvalue weighted by Crippen LogP contribution is 2.19. The van der Waals surface area contributed by atoms with E-state index >= 15 is 0 Å². The van der Waals surface area contributed by atoms with Gasteiger partial charge in [0.15, 0.2) is 5.58 Å². The number of furan rings is 1. The summed E-state index contributed by atoms with van der Waals surface area (Å²) in [6.07, 6.45) is 1.57. The molecule has 1 saturated heterocycles. The number of piperazine rings is 1. The number of aromatic nitrogens is 1. The zero-order valence-electron chi connectivity index (χ0n) is 16.2. The lowest BCUT2D eigenvalue weighted by molar-refractivity contribution is -0.131. The maximum absolute atomic E-state index is 13.0. The van der Waals surface area contributed by atoms with Gasteiger partial charge in [0.1, 0.15) is 11.5 Å². The molecule has 7 nitrogen and oxygen atoms in total. The fraction of sp³-hybridized carbons (Fsp3) is 0.333. The number of carbonyl (C=O) groups is 2. The first kappa shape index (κ1) is 19.2. The minimum atomic E-state index is -0.304. The molecule has 1 aliphatic heterocycles. The standard InChI is InChI=1S/C21H23FN4O3/c1-24-17-6-11-29-19(17)12-18(24)21(28)23-13-20(27)26-9-7-25(8-10-26)14-15-2-4-16(22)5-3-15/h2-6,11-12H,7-10,13-14H2,1H3,(H,23,28). The lowest BCUT2D eigenvalue weighted by Gasteiger charge is -2.34. The number of carbonyl (C=O) groups excluding carboxylic acids is 2. The van der Waals surface area contributed by atoms with Crippen molar-refractivity contribution in [2.45, 2.75) is 6.54 Å². The number of halogens is 1. The molecule has 3 heterocycles. The number of benzene rings is 1. The Bertz CT molecular complexity index is 1020. The van der Waals surface area contributed by atoms with Gasteiger partial charge in [-0.15, -0.1) is 0 Å². The molecule has 1 N–H and O–H groups in total. The molecule has 2 amide bonds. The van der Waals surface area contributed by atoms with Gasteiger partial charge >= 0.3 is 0 Å². The van der Waals surface area contributed by atoms with Crippen molar-refractivity contribution in [2.24, 2.45) is 7.05 Å². The van der Waals surface area contributed by atoms with Crippen molar-refractivity contribution in [3.05, 3.63) is 59.7 Å². The summed E-state index contributed by atoms with van der Waals surface area (Å²) >= 11 is 0. The quantitative estimate of drug-likeness (QED) is 0.714. The van der Waals surface area contributed by atoms with Crippen LogP contribution in [-0.4, -0.2) is 58.9 Å². The summed E-state index contributed by atoms with van der Waals surface area (Å²) in [6, 6.07) is 9.95. The number of aryl methyl sites for hydroxylation is 1. The van der Waals surface area contributed by atoms with Crippen LogP contribution in [0, 0.1) is 5.82 Å². The number of hydrogen-bond acceptors (Lipinski definition) is 4. The highest BCUT2D eigenvalue weighted by atomic mass is 19.1. The fourth-order valence-electron chi connectivity index (χ4n) is 3.63. The molecule has 4 rings (SSSR count). The van der Waals surface area contributed by atoms with Gasteiger partial charge in [0.05, 0.1) is 18.3 Å². The Labute approximate surface area is 167 Å². The van der Waals surface area contributed by atoms with E-state index in [1.807, 2.05) is 0 Å². The summed E-state index contributed by atoms with van der Waals surface area (Å²) in [5.41, 5.74) is 2.98. The molecule has 1 aromatic carbocycles. The van der Waals surface area contributed by atoms with Crippen molar-refractivity contribution < 1.29 is 18.4 Å². The molecule has 0 bridgehead atoms. The van der Waals surface area contributed by atoms with E-state index in [1.165, 1.54) is 12.1 Å². The van der Waals surface area contributed by atoms with Gasteiger partial charge in [0, 0.05) is 51.9 Å². The first-order chi connectivity index (χ1) is 14.0. The largest absolute Gasteiger partial charge is 0.463 e. The number of nitrogens with zero attached hydrogens (tertiary/aromatic N) is 3. The second-order valence-corrected chi connectivity index (χ2v) is 7.22. The van der Waals surface area contributed by atoms with Gasteiger partial charge in [0.25, 0.3) is 5.91 Å². The maximum Gasteiger partial charge on any atom is 0.268 e. The van der Waals surface area contributed by atoms with E-state index in [-0.39, 0.29) is 24.2 Å². The van der Waals surface area contributed by atoms with E-state index in [1.54, 1.807) is 47.0 Å². The van der Waals surface area contributed by atoms with Gasteiger partial charge in [0.2, 0.25) is 5.91 Å². The summed E-state index contributed by atoms with van der Waals surface area (Å²) in [6.45, 7) is 3.38. The topological polar surface area (TPSA) is 70.7 Å². The molecule has 1 aliphatic rings. The van der Waals surface area contributed by atoms with Crippen molar-refractivity contribution in [1.29, 1.82) is 0 Å². The fourth-order valence-corrected chi connectivity index (χ4v) is 3.63. The van der Waals surface area contributed by atoms with Crippen LogP contribution in [0.1, 0.15) is 16.1 Å². The number of hydrogen-bond donors (Lipinski definition) is 1. The zero-order valence-corrected chi connectivity index (χ0v) is 16.2. The van der Waals surface area contributed by atoms with Crippen LogP contribution in [0.4, 0.5) is 4.39 Å². The average molecular weight is 398 g/mol. The summed E-state index contributed by atoms with van der Waals surface area (Å²) in [7, 11) is 1.79. The van der Waals surface area contributed by atoms with Gasteiger partial charge in [-0.2, -0.15) is 0 Å². The normalized spacial score (nSPS) is 15.0. The molecule has 8 heteroatoms. The van der Waals surface area contributed by atoms with E-state index in [4.69, 9.17) is 4.42 Å². The van der Waals surface area contributed by atoms with Crippen LogP contribution >= 0.6 is 0 Å². The summed E-state index contributed by atoms with van der Waals surface area (Å²) in [5.74, 6) is -0.643. The van der Waals surface area contributed by atoms with Crippen LogP contribution in [0.5, 0.6) is 0 Å². The van der Waals surface area contributed by atoms with Gasteiger partial charge < -0.3 is 19.2 Å². The summed E-state index contributed by atoms with van der Waals surface area (Å²) in [4.78, 5) is 28.9. The first-order valence-corrected chi connectivity index (χ1v) is 9.57. The molecule has 29 heavy (non-hydrogen) atoms. The van der Waals surface area contributed by atoms with Crippen LogP contribution in [0.2, 0.25) is 0 Å². The highest BCUT2D eigenvalue weighted by molar-refractivity contribution is 5.99. The highest BCUT2D eigenvalue weighted by Gasteiger charge is 2.22. The number of nitrogens with one attached hydrogen (secondary N) is 1. The Morgan fingerprint density at radius 1 is 1.10 bits per heavy atom. The summed E-state index contributed by atoms with van der Waals surface area (Å²) in [5, 5.41) is 2.70. The van der Waals surface area contributed by atoms with Gasteiger partial charge in [-0.3, -0.25) is 14.5 Å². The second-order valence-electron chi connectivity index (χ2n) is 7.22. The summed E-state index contributed by atoms with van der Waals surface area (Å²) < 4.78 is 20.1. The molecular weight excluding hydrogens is 375 g/mol. The van der Waals surface area contributed by atoms with Crippen LogP contribution in [0.3, 0.4) is 0 Å². The zero-order chi connectivity index (χ0) is 20.4. The van der Waals surface area contributed by atoms with Crippen molar-refractivity contribution in [3.63, 3.8) is 0 Å². The predicted octanol–water partition coefficient (Wildman–Crippen LogP) is 1.98. The Morgan fingerprint density at radius 3 is 2.52 bits per heavy atom. The minimum absolute atomic E-state index is 0.0384. The third kappa shape index (κ3) is 4.17.